The molecule has 114 valence electrons. The fourth-order valence-corrected chi connectivity index (χ4v) is 3.22. The van der Waals surface area contributed by atoms with E-state index in [1.165, 1.54) is 32.1 Å². The highest BCUT2D eigenvalue weighted by molar-refractivity contribution is 4.82. The third-order valence-corrected chi connectivity index (χ3v) is 4.28. The van der Waals surface area contributed by atoms with Gasteiger partial charge in [-0.05, 0) is 25.2 Å². The van der Waals surface area contributed by atoms with Gasteiger partial charge >= 0.3 is 0 Å². The molecule has 0 saturated heterocycles. The molecule has 1 fully saturated rings. The lowest BCUT2D eigenvalue weighted by atomic mass is 9.83. The van der Waals surface area contributed by atoms with Crippen LogP contribution in [0.3, 0.4) is 0 Å². The van der Waals surface area contributed by atoms with E-state index < -0.39 is 0 Å². The van der Waals surface area contributed by atoms with Crippen molar-refractivity contribution in [1.29, 1.82) is 0 Å². The van der Waals surface area contributed by atoms with Crippen LogP contribution in [0.5, 0.6) is 0 Å². The van der Waals surface area contributed by atoms with Crippen molar-refractivity contribution in [2.24, 2.45) is 11.7 Å². The van der Waals surface area contributed by atoms with Gasteiger partial charge in [-0.1, -0.05) is 19.3 Å². The van der Waals surface area contributed by atoms with Gasteiger partial charge in [0.15, 0.2) is 0 Å². The predicted octanol–water partition coefficient (Wildman–Crippen LogP) is 1.88. The summed E-state index contributed by atoms with van der Waals surface area (Å²) in [6.45, 7) is 4.43. The second-order valence-corrected chi connectivity index (χ2v) is 5.58. The highest BCUT2D eigenvalue weighted by atomic mass is 16.5. The van der Waals surface area contributed by atoms with Gasteiger partial charge < -0.3 is 15.2 Å². The van der Waals surface area contributed by atoms with Crippen LogP contribution in [0.1, 0.15) is 38.5 Å². The zero-order valence-corrected chi connectivity index (χ0v) is 12.8. The minimum atomic E-state index is 0.521. The summed E-state index contributed by atoms with van der Waals surface area (Å²) in [5, 5.41) is 0. The third kappa shape index (κ3) is 6.21. The summed E-state index contributed by atoms with van der Waals surface area (Å²) in [7, 11) is 3.53. The van der Waals surface area contributed by atoms with Gasteiger partial charge in [-0.2, -0.15) is 0 Å². The zero-order valence-electron chi connectivity index (χ0n) is 12.8. The summed E-state index contributed by atoms with van der Waals surface area (Å²) in [5.74, 6) is 0.776. The monoisotopic (exact) mass is 272 g/mol. The van der Waals surface area contributed by atoms with E-state index >= 15 is 0 Å². The van der Waals surface area contributed by atoms with E-state index in [0.717, 1.165) is 45.2 Å². The summed E-state index contributed by atoms with van der Waals surface area (Å²) in [6.07, 6.45) is 7.90. The molecule has 0 aliphatic heterocycles. The van der Waals surface area contributed by atoms with Crippen LogP contribution in [-0.4, -0.2) is 58.0 Å². The molecule has 1 saturated carbocycles. The van der Waals surface area contributed by atoms with Crippen LogP contribution in [-0.2, 0) is 9.47 Å². The summed E-state index contributed by atoms with van der Waals surface area (Å²) in [4.78, 5) is 2.53. The molecule has 0 amide bonds. The normalized spacial score (nSPS) is 18.9. The zero-order chi connectivity index (χ0) is 13.9. The van der Waals surface area contributed by atoms with Gasteiger partial charge in [-0.3, -0.25) is 4.90 Å². The first-order chi connectivity index (χ1) is 9.33. The van der Waals surface area contributed by atoms with Crippen LogP contribution < -0.4 is 5.73 Å². The quantitative estimate of drug-likeness (QED) is 0.617. The third-order valence-electron chi connectivity index (χ3n) is 4.28. The van der Waals surface area contributed by atoms with E-state index in [0.29, 0.717) is 6.04 Å². The molecule has 0 aromatic carbocycles. The first kappa shape index (κ1) is 16.9. The lowest BCUT2D eigenvalue weighted by molar-refractivity contribution is 0.0748. The number of ether oxygens (including phenoxy) is 2. The summed E-state index contributed by atoms with van der Waals surface area (Å²) < 4.78 is 10.4. The van der Waals surface area contributed by atoms with E-state index in [2.05, 4.69) is 4.90 Å². The molecule has 0 bridgehead atoms. The molecule has 4 heteroatoms. The Hall–Kier alpha value is -0.160. The van der Waals surface area contributed by atoms with E-state index in [9.17, 15) is 0 Å². The first-order valence-electron chi connectivity index (χ1n) is 7.75. The van der Waals surface area contributed by atoms with Gasteiger partial charge in [-0.25, -0.2) is 0 Å². The second kappa shape index (κ2) is 10.6. The van der Waals surface area contributed by atoms with Crippen molar-refractivity contribution in [2.45, 2.75) is 44.6 Å². The van der Waals surface area contributed by atoms with E-state index in [1.807, 2.05) is 0 Å². The van der Waals surface area contributed by atoms with Crippen LogP contribution in [0.2, 0.25) is 0 Å². The van der Waals surface area contributed by atoms with Crippen molar-refractivity contribution in [2.75, 3.05) is 47.1 Å². The summed E-state index contributed by atoms with van der Waals surface area (Å²) >= 11 is 0. The highest BCUT2D eigenvalue weighted by Crippen LogP contribution is 2.28. The van der Waals surface area contributed by atoms with Crippen molar-refractivity contribution < 1.29 is 9.47 Å². The van der Waals surface area contributed by atoms with Crippen molar-refractivity contribution in [3.8, 4) is 0 Å². The molecular weight excluding hydrogens is 240 g/mol. The minimum absolute atomic E-state index is 0.521. The Labute approximate surface area is 118 Å². The molecule has 1 aliphatic carbocycles. The maximum absolute atomic E-state index is 6.07. The Morgan fingerprint density at radius 2 is 1.74 bits per heavy atom. The second-order valence-electron chi connectivity index (χ2n) is 5.58. The topological polar surface area (TPSA) is 47.7 Å². The van der Waals surface area contributed by atoms with Crippen molar-refractivity contribution >= 4 is 0 Å². The highest BCUT2D eigenvalue weighted by Gasteiger charge is 2.27. The Morgan fingerprint density at radius 1 is 1.05 bits per heavy atom. The number of nitrogens with zero attached hydrogens (tertiary/aromatic N) is 1. The number of hydrogen-bond donors (Lipinski definition) is 1. The van der Waals surface area contributed by atoms with Crippen LogP contribution >= 0.6 is 0 Å². The molecule has 4 nitrogen and oxygen atoms in total. The Balaban J connectivity index is 2.50. The minimum Gasteiger partial charge on any atom is -0.385 e. The van der Waals surface area contributed by atoms with Gasteiger partial charge in [-0.15, -0.1) is 0 Å². The van der Waals surface area contributed by atoms with E-state index in [-0.39, 0.29) is 0 Å². The number of methoxy groups -OCH3 is 2. The van der Waals surface area contributed by atoms with Crippen LogP contribution in [0.15, 0.2) is 0 Å². The standard InChI is InChI=1S/C15H32N2O2/c1-18-11-6-9-17(10-12-19-2)15(13-16)14-7-4-3-5-8-14/h14-15H,3-13,16H2,1-2H3. The lowest BCUT2D eigenvalue weighted by Crippen LogP contribution is -2.48. The number of hydrogen-bond acceptors (Lipinski definition) is 4. The van der Waals surface area contributed by atoms with E-state index in [4.69, 9.17) is 15.2 Å². The summed E-state index contributed by atoms with van der Waals surface area (Å²) in [6, 6.07) is 0.521. The van der Waals surface area contributed by atoms with Gasteiger partial charge in [0.25, 0.3) is 0 Å². The maximum Gasteiger partial charge on any atom is 0.0589 e. The molecule has 1 rings (SSSR count). The molecule has 0 radical (unpaired) electrons. The Bertz CT molecular complexity index is 208. The molecule has 0 heterocycles. The molecule has 0 aromatic heterocycles. The van der Waals surface area contributed by atoms with Gasteiger partial charge in [0.2, 0.25) is 0 Å². The maximum atomic E-state index is 6.07. The molecule has 0 aromatic rings. The van der Waals surface area contributed by atoms with E-state index in [1.54, 1.807) is 14.2 Å². The average Bonchev–Trinajstić information content (AvgIpc) is 2.46. The lowest BCUT2D eigenvalue weighted by Gasteiger charge is -2.38. The summed E-state index contributed by atoms with van der Waals surface area (Å²) in [5.41, 5.74) is 6.07. The fraction of sp³-hybridized carbons (Fsp3) is 1.00. The Kier molecular flexibility index (Phi) is 9.43. The molecule has 1 aliphatic rings. The predicted molar refractivity (Wildman–Crippen MR) is 79.4 cm³/mol. The Morgan fingerprint density at radius 3 is 2.32 bits per heavy atom. The molecule has 0 spiro atoms. The molecular formula is C15H32N2O2. The molecule has 19 heavy (non-hydrogen) atoms. The molecule has 1 atom stereocenters. The van der Waals surface area contributed by atoms with Gasteiger partial charge in [0.05, 0.1) is 6.61 Å². The SMILES string of the molecule is COCCCN(CCOC)C(CN)C1CCCCC1. The fourth-order valence-electron chi connectivity index (χ4n) is 3.22. The molecule has 2 N–H and O–H groups in total. The largest absolute Gasteiger partial charge is 0.385 e. The van der Waals surface area contributed by atoms with Crippen molar-refractivity contribution in [3.05, 3.63) is 0 Å². The van der Waals surface area contributed by atoms with Crippen molar-refractivity contribution in [3.63, 3.8) is 0 Å². The smallest absolute Gasteiger partial charge is 0.0589 e. The van der Waals surface area contributed by atoms with Crippen LogP contribution in [0, 0.1) is 5.92 Å². The van der Waals surface area contributed by atoms with Crippen molar-refractivity contribution in [1.82, 2.24) is 4.90 Å². The van der Waals surface area contributed by atoms with Crippen LogP contribution in [0.25, 0.3) is 0 Å². The van der Waals surface area contributed by atoms with Gasteiger partial charge in [0.1, 0.15) is 0 Å². The number of rotatable bonds is 10. The average molecular weight is 272 g/mol. The van der Waals surface area contributed by atoms with Gasteiger partial charge in [0, 0.05) is 46.5 Å². The number of nitrogens with two attached hydrogens (primary N) is 1. The van der Waals surface area contributed by atoms with Crippen LogP contribution in [0.4, 0.5) is 0 Å². The first-order valence-corrected chi connectivity index (χ1v) is 7.75. The molecule has 1 unspecified atom stereocenters.